The van der Waals surface area contributed by atoms with Gasteiger partial charge in [-0.25, -0.2) is 0 Å². The molecule has 19 heavy (non-hydrogen) atoms. The van der Waals surface area contributed by atoms with Crippen LogP contribution in [0.4, 0.5) is 5.69 Å². The van der Waals surface area contributed by atoms with Gasteiger partial charge < -0.3 is 10.3 Å². The van der Waals surface area contributed by atoms with Crippen molar-refractivity contribution in [2.45, 2.75) is 38.1 Å². The first kappa shape index (κ1) is 12.5. The van der Waals surface area contributed by atoms with Gasteiger partial charge in [-0.3, -0.25) is 0 Å². The Kier molecular flexibility index (Phi) is 3.42. The van der Waals surface area contributed by atoms with Gasteiger partial charge in [0.05, 0.1) is 10.7 Å². The molecule has 0 aliphatic heterocycles. The molecule has 1 heterocycles. The highest BCUT2D eigenvalue weighted by Crippen LogP contribution is 2.32. The summed E-state index contributed by atoms with van der Waals surface area (Å²) in [5.74, 6) is 0.885. The second-order valence-electron chi connectivity index (χ2n) is 5.09. The summed E-state index contributed by atoms with van der Waals surface area (Å²) in [6.45, 7) is 0. The van der Waals surface area contributed by atoms with E-state index < -0.39 is 0 Å². The third-order valence-corrected chi connectivity index (χ3v) is 4.14. The fraction of sp³-hybridized carbons (Fsp3) is 0.429. The average molecular weight is 277 g/mol. The number of halogens is 1. The number of rotatable bonds is 2. The Morgan fingerprint density at radius 3 is 2.74 bits per heavy atom. The minimum atomic E-state index is 0.510. The maximum Gasteiger partial charge on any atom is 0.164 e. The molecule has 0 spiro atoms. The van der Waals surface area contributed by atoms with E-state index in [0.29, 0.717) is 16.8 Å². The molecule has 0 amide bonds. The lowest BCUT2D eigenvalue weighted by molar-refractivity contribution is 0.355. The van der Waals surface area contributed by atoms with Gasteiger partial charge in [-0.2, -0.15) is 0 Å². The smallest absolute Gasteiger partial charge is 0.164 e. The predicted molar refractivity (Wildman–Crippen MR) is 77.0 cm³/mol. The van der Waals surface area contributed by atoms with E-state index in [4.69, 9.17) is 17.3 Å². The number of hydrogen-bond donors (Lipinski definition) is 1. The fourth-order valence-corrected chi connectivity index (χ4v) is 2.88. The van der Waals surface area contributed by atoms with Crippen LogP contribution in [0.5, 0.6) is 0 Å². The van der Waals surface area contributed by atoms with Gasteiger partial charge in [-0.05, 0) is 31.0 Å². The first-order valence-electron chi connectivity index (χ1n) is 6.70. The Morgan fingerprint density at radius 1 is 1.21 bits per heavy atom. The largest absolute Gasteiger partial charge is 0.398 e. The monoisotopic (exact) mass is 276 g/mol. The van der Waals surface area contributed by atoms with E-state index in [1.54, 1.807) is 0 Å². The van der Waals surface area contributed by atoms with Gasteiger partial charge in [0.15, 0.2) is 5.82 Å². The van der Waals surface area contributed by atoms with Crippen molar-refractivity contribution in [2.75, 3.05) is 5.73 Å². The lowest BCUT2D eigenvalue weighted by Gasteiger charge is -2.24. The first-order valence-corrected chi connectivity index (χ1v) is 7.08. The summed E-state index contributed by atoms with van der Waals surface area (Å²) in [7, 11) is 0. The maximum atomic E-state index is 5.96. The number of nitrogen functional groups attached to an aromatic ring is 1. The Morgan fingerprint density at radius 2 is 2.00 bits per heavy atom. The second kappa shape index (κ2) is 5.21. The lowest BCUT2D eigenvalue weighted by Crippen LogP contribution is -2.13. The summed E-state index contributed by atoms with van der Waals surface area (Å²) in [5, 5.41) is 8.89. The van der Waals surface area contributed by atoms with Crippen LogP contribution in [0.1, 0.15) is 38.1 Å². The van der Waals surface area contributed by atoms with Crippen molar-refractivity contribution >= 4 is 17.3 Å². The van der Waals surface area contributed by atoms with Crippen LogP contribution in [0.3, 0.4) is 0 Å². The summed E-state index contributed by atoms with van der Waals surface area (Å²) < 4.78 is 2.18. The van der Waals surface area contributed by atoms with Gasteiger partial charge in [0.2, 0.25) is 0 Å². The molecule has 1 aromatic heterocycles. The van der Waals surface area contributed by atoms with E-state index in [-0.39, 0.29) is 0 Å². The molecular formula is C14H17ClN4. The van der Waals surface area contributed by atoms with E-state index in [9.17, 15) is 0 Å². The quantitative estimate of drug-likeness (QED) is 0.851. The minimum absolute atomic E-state index is 0.510. The van der Waals surface area contributed by atoms with Gasteiger partial charge in [0.25, 0.3) is 0 Å². The number of hydrogen-bond acceptors (Lipinski definition) is 3. The van der Waals surface area contributed by atoms with Crippen LogP contribution in [0.15, 0.2) is 24.5 Å². The first-order chi connectivity index (χ1) is 9.25. The Hall–Kier alpha value is -1.55. The molecule has 0 unspecified atom stereocenters. The fourth-order valence-electron chi connectivity index (χ4n) is 2.76. The van der Waals surface area contributed by atoms with Crippen LogP contribution in [-0.2, 0) is 0 Å². The number of nitrogens with zero attached hydrogens (tertiary/aromatic N) is 3. The molecule has 4 nitrogen and oxygen atoms in total. The standard InChI is InChI=1S/C14H17ClN4/c15-12-7-6-10(8-13(12)16)14-18-17-9-19(14)11-4-2-1-3-5-11/h6-9,11H,1-5,16H2. The molecule has 2 N–H and O–H groups in total. The average Bonchev–Trinajstić information content (AvgIpc) is 2.92. The highest BCUT2D eigenvalue weighted by molar-refractivity contribution is 6.33. The minimum Gasteiger partial charge on any atom is -0.398 e. The van der Waals surface area contributed by atoms with E-state index in [0.717, 1.165) is 11.4 Å². The SMILES string of the molecule is Nc1cc(-c2nncn2C2CCCCC2)ccc1Cl. The zero-order chi connectivity index (χ0) is 13.2. The Labute approximate surface area is 117 Å². The van der Waals surface area contributed by atoms with Crippen LogP contribution in [0, 0.1) is 0 Å². The van der Waals surface area contributed by atoms with Crippen molar-refractivity contribution in [3.05, 3.63) is 29.5 Å². The number of anilines is 1. The topological polar surface area (TPSA) is 56.7 Å². The van der Waals surface area contributed by atoms with Crippen LogP contribution in [-0.4, -0.2) is 14.8 Å². The van der Waals surface area contributed by atoms with Crippen molar-refractivity contribution in [1.29, 1.82) is 0 Å². The van der Waals surface area contributed by atoms with Gasteiger partial charge in [-0.1, -0.05) is 30.9 Å². The summed E-state index contributed by atoms with van der Waals surface area (Å²) in [6, 6.07) is 6.13. The highest BCUT2D eigenvalue weighted by atomic mass is 35.5. The molecule has 0 saturated heterocycles. The normalized spacial score (nSPS) is 16.7. The van der Waals surface area contributed by atoms with E-state index in [1.165, 1.54) is 32.1 Å². The number of aromatic nitrogens is 3. The Balaban J connectivity index is 1.96. The molecule has 100 valence electrons. The zero-order valence-electron chi connectivity index (χ0n) is 10.7. The van der Waals surface area contributed by atoms with Crippen LogP contribution in [0.25, 0.3) is 11.4 Å². The molecule has 1 fully saturated rings. The maximum absolute atomic E-state index is 5.96. The molecule has 1 saturated carbocycles. The van der Waals surface area contributed by atoms with Crippen molar-refractivity contribution in [3.63, 3.8) is 0 Å². The highest BCUT2D eigenvalue weighted by Gasteiger charge is 2.19. The van der Waals surface area contributed by atoms with Gasteiger partial charge in [0, 0.05) is 11.6 Å². The van der Waals surface area contributed by atoms with Crippen molar-refractivity contribution in [2.24, 2.45) is 0 Å². The summed E-state index contributed by atoms with van der Waals surface area (Å²) in [6.07, 6.45) is 8.14. The molecule has 0 atom stereocenters. The van der Waals surface area contributed by atoms with Crippen LogP contribution in [0.2, 0.25) is 5.02 Å². The van der Waals surface area contributed by atoms with Gasteiger partial charge in [-0.15, -0.1) is 10.2 Å². The Bertz CT molecular complexity index is 573. The van der Waals surface area contributed by atoms with E-state index >= 15 is 0 Å². The molecule has 1 aliphatic carbocycles. The van der Waals surface area contributed by atoms with E-state index in [1.807, 2.05) is 24.5 Å². The molecule has 1 aromatic carbocycles. The summed E-state index contributed by atoms with van der Waals surface area (Å²) in [4.78, 5) is 0. The van der Waals surface area contributed by atoms with Gasteiger partial charge in [0.1, 0.15) is 6.33 Å². The molecule has 5 heteroatoms. The molecular weight excluding hydrogens is 260 g/mol. The number of benzene rings is 1. The number of nitrogens with two attached hydrogens (primary N) is 1. The van der Waals surface area contributed by atoms with Crippen LogP contribution < -0.4 is 5.73 Å². The third-order valence-electron chi connectivity index (χ3n) is 3.80. The predicted octanol–water partition coefficient (Wildman–Crippen LogP) is 3.69. The van der Waals surface area contributed by atoms with Crippen molar-refractivity contribution in [3.8, 4) is 11.4 Å². The molecule has 0 radical (unpaired) electrons. The molecule has 1 aliphatic rings. The molecule has 3 rings (SSSR count). The van der Waals surface area contributed by atoms with Crippen LogP contribution >= 0.6 is 11.6 Å². The van der Waals surface area contributed by atoms with Gasteiger partial charge >= 0.3 is 0 Å². The lowest BCUT2D eigenvalue weighted by atomic mass is 9.95. The second-order valence-corrected chi connectivity index (χ2v) is 5.50. The van der Waals surface area contributed by atoms with Crippen molar-refractivity contribution < 1.29 is 0 Å². The van der Waals surface area contributed by atoms with Crippen molar-refractivity contribution in [1.82, 2.24) is 14.8 Å². The zero-order valence-corrected chi connectivity index (χ0v) is 11.5. The molecule has 0 bridgehead atoms. The summed E-state index contributed by atoms with van der Waals surface area (Å²) in [5.41, 5.74) is 7.42. The van der Waals surface area contributed by atoms with E-state index in [2.05, 4.69) is 14.8 Å². The third kappa shape index (κ3) is 2.45. The molecule has 2 aromatic rings. The summed E-state index contributed by atoms with van der Waals surface area (Å²) >= 11 is 5.96.